The first-order valence-electron chi connectivity index (χ1n) is 4.75. The van der Waals surface area contributed by atoms with Gasteiger partial charge in [-0.15, -0.1) is 0 Å². The van der Waals surface area contributed by atoms with E-state index in [2.05, 4.69) is 11.0 Å². The van der Waals surface area contributed by atoms with E-state index in [4.69, 9.17) is 10.5 Å². The Morgan fingerprint density at radius 1 is 0.875 bits per heavy atom. The Labute approximate surface area is 93.1 Å². The smallest absolute Gasteiger partial charge is 0.165 e. The van der Waals surface area contributed by atoms with E-state index in [1.165, 1.54) is 0 Å². The molecule has 0 atom stereocenters. The first kappa shape index (κ1) is 10.2. The second-order valence-corrected chi connectivity index (χ2v) is 3.30. The Hall–Kier alpha value is -2.31. The van der Waals surface area contributed by atoms with Crippen LogP contribution >= 0.6 is 0 Å². The van der Waals surface area contributed by atoms with Crippen LogP contribution in [-0.2, 0) is 0 Å². The predicted octanol–water partition coefficient (Wildman–Crippen LogP) is 3.08. The first-order chi connectivity index (χ1) is 7.83. The number of hydrogen-bond acceptors (Lipinski definition) is 3. The van der Waals surface area contributed by atoms with Crippen molar-refractivity contribution in [3.63, 3.8) is 0 Å². The molecule has 16 heavy (non-hydrogen) atoms. The summed E-state index contributed by atoms with van der Waals surface area (Å²) in [7, 11) is 0. The fourth-order valence-corrected chi connectivity index (χ4v) is 1.45. The molecule has 1 N–H and O–H groups in total. The zero-order valence-corrected chi connectivity index (χ0v) is 8.42. The molecule has 0 amide bonds. The van der Waals surface area contributed by atoms with E-state index in [1.54, 1.807) is 24.3 Å². The summed E-state index contributed by atoms with van der Waals surface area (Å²) >= 11 is 0. The van der Waals surface area contributed by atoms with Crippen LogP contribution in [0.15, 0.2) is 48.5 Å². The molecule has 3 heteroatoms. The predicted molar refractivity (Wildman–Crippen MR) is 59.8 cm³/mol. The molecule has 2 rings (SSSR count). The van der Waals surface area contributed by atoms with E-state index < -0.39 is 0 Å². The summed E-state index contributed by atoms with van der Waals surface area (Å²) < 4.78 is 0. The summed E-state index contributed by atoms with van der Waals surface area (Å²) in [6, 6.07) is 16.4. The lowest BCUT2D eigenvalue weighted by molar-refractivity contribution is -0.137. The summed E-state index contributed by atoms with van der Waals surface area (Å²) in [5, 5.41) is 17.1. The van der Waals surface area contributed by atoms with Crippen molar-refractivity contribution in [2.45, 2.75) is 0 Å². The molecule has 0 spiro atoms. The fraction of sp³-hybridized carbons (Fsp3) is 0. The minimum absolute atomic E-state index is 0.400. The maximum atomic E-state index is 8.67. The molecule has 3 nitrogen and oxygen atoms in total. The zero-order chi connectivity index (χ0) is 11.4. The summed E-state index contributed by atoms with van der Waals surface area (Å²) in [6.07, 6.45) is 0. The minimum atomic E-state index is 0.400. The van der Waals surface area contributed by atoms with Gasteiger partial charge in [-0.3, -0.25) is 0 Å². The van der Waals surface area contributed by atoms with Gasteiger partial charge in [0.2, 0.25) is 0 Å². The molecular formula is C13H9NO2. The maximum absolute atomic E-state index is 8.67. The molecule has 0 fully saturated rings. The van der Waals surface area contributed by atoms with Crippen LogP contribution in [0.1, 0.15) is 5.56 Å². The minimum Gasteiger partial charge on any atom is -0.340 e. The van der Waals surface area contributed by atoms with E-state index in [9.17, 15) is 0 Å². The second kappa shape index (κ2) is 4.47. The van der Waals surface area contributed by atoms with Crippen LogP contribution < -0.4 is 4.89 Å². The summed E-state index contributed by atoms with van der Waals surface area (Å²) in [5.41, 5.74) is 2.66. The topological polar surface area (TPSA) is 53.2 Å². The van der Waals surface area contributed by atoms with Crippen LogP contribution in [0.3, 0.4) is 0 Å². The molecule has 0 heterocycles. The molecule has 2 aromatic rings. The van der Waals surface area contributed by atoms with Gasteiger partial charge in [0.15, 0.2) is 5.75 Å². The third-order valence-corrected chi connectivity index (χ3v) is 2.31. The molecular weight excluding hydrogens is 202 g/mol. The lowest BCUT2D eigenvalue weighted by Gasteiger charge is -2.02. The van der Waals surface area contributed by atoms with Crippen molar-refractivity contribution < 1.29 is 10.1 Å². The molecule has 2 aromatic carbocycles. The third-order valence-electron chi connectivity index (χ3n) is 2.31. The van der Waals surface area contributed by atoms with Crippen molar-refractivity contribution in [3.05, 3.63) is 54.1 Å². The van der Waals surface area contributed by atoms with Gasteiger partial charge in [0.25, 0.3) is 0 Å². The van der Waals surface area contributed by atoms with E-state index >= 15 is 0 Å². The molecule has 0 aromatic heterocycles. The normalized spacial score (nSPS) is 9.50. The van der Waals surface area contributed by atoms with Crippen LogP contribution in [0.5, 0.6) is 5.75 Å². The Morgan fingerprint density at radius 2 is 1.38 bits per heavy atom. The third kappa shape index (κ3) is 2.02. The summed E-state index contributed by atoms with van der Waals surface area (Å²) in [5.74, 6) is 0.400. The van der Waals surface area contributed by atoms with E-state index in [0.717, 1.165) is 11.1 Å². The van der Waals surface area contributed by atoms with E-state index in [-0.39, 0.29) is 0 Å². The fourth-order valence-electron chi connectivity index (χ4n) is 1.45. The molecule has 0 saturated heterocycles. The molecule has 0 aliphatic heterocycles. The molecule has 0 aliphatic carbocycles. The molecule has 0 aliphatic rings. The maximum Gasteiger partial charge on any atom is 0.165 e. The number of rotatable bonds is 2. The highest BCUT2D eigenvalue weighted by Gasteiger charge is 1.98. The number of nitrogens with zero attached hydrogens (tertiary/aromatic N) is 1. The van der Waals surface area contributed by atoms with Crippen LogP contribution in [0.25, 0.3) is 11.1 Å². The Morgan fingerprint density at radius 3 is 1.81 bits per heavy atom. The van der Waals surface area contributed by atoms with Crippen LogP contribution in [0.4, 0.5) is 0 Å². The molecule has 0 bridgehead atoms. The van der Waals surface area contributed by atoms with Crippen molar-refractivity contribution in [2.24, 2.45) is 0 Å². The van der Waals surface area contributed by atoms with Crippen LogP contribution in [0.2, 0.25) is 0 Å². The average Bonchev–Trinajstić information content (AvgIpc) is 2.39. The van der Waals surface area contributed by atoms with Crippen molar-refractivity contribution in [2.75, 3.05) is 0 Å². The highest BCUT2D eigenvalue weighted by molar-refractivity contribution is 5.64. The Balaban J connectivity index is 2.32. The first-order valence-corrected chi connectivity index (χ1v) is 4.75. The van der Waals surface area contributed by atoms with Crippen molar-refractivity contribution >= 4 is 0 Å². The second-order valence-electron chi connectivity index (χ2n) is 3.30. The largest absolute Gasteiger partial charge is 0.340 e. The van der Waals surface area contributed by atoms with Gasteiger partial charge in [-0.05, 0) is 35.4 Å². The Bertz CT molecular complexity index is 509. The van der Waals surface area contributed by atoms with Gasteiger partial charge < -0.3 is 4.89 Å². The standard InChI is InChI=1S/C13H9NO2/c14-9-10-1-3-11(4-2-10)12-5-7-13(16-15)8-6-12/h1-8,15H. The number of benzene rings is 2. The van der Waals surface area contributed by atoms with Crippen LogP contribution in [0, 0.1) is 11.3 Å². The van der Waals surface area contributed by atoms with Crippen LogP contribution in [-0.4, -0.2) is 5.26 Å². The Kier molecular flexibility index (Phi) is 2.86. The van der Waals surface area contributed by atoms with E-state index in [1.807, 2.05) is 24.3 Å². The molecule has 0 saturated carbocycles. The van der Waals surface area contributed by atoms with Gasteiger partial charge >= 0.3 is 0 Å². The lowest BCUT2D eigenvalue weighted by Crippen LogP contribution is -1.83. The summed E-state index contributed by atoms with van der Waals surface area (Å²) in [6.45, 7) is 0. The van der Waals surface area contributed by atoms with E-state index in [0.29, 0.717) is 11.3 Å². The number of nitriles is 1. The zero-order valence-electron chi connectivity index (χ0n) is 8.42. The number of hydrogen-bond donors (Lipinski definition) is 1. The van der Waals surface area contributed by atoms with Gasteiger partial charge in [-0.1, -0.05) is 24.3 Å². The van der Waals surface area contributed by atoms with Crippen molar-refractivity contribution in [1.29, 1.82) is 5.26 Å². The average molecular weight is 211 g/mol. The highest BCUT2D eigenvalue weighted by atomic mass is 17.1. The van der Waals surface area contributed by atoms with Gasteiger partial charge in [-0.2, -0.15) is 5.26 Å². The monoisotopic (exact) mass is 211 g/mol. The van der Waals surface area contributed by atoms with Crippen molar-refractivity contribution in [1.82, 2.24) is 0 Å². The van der Waals surface area contributed by atoms with Gasteiger partial charge in [0.05, 0.1) is 11.6 Å². The quantitative estimate of drug-likeness (QED) is 0.613. The molecule has 0 radical (unpaired) electrons. The SMILES string of the molecule is N#Cc1ccc(-c2ccc(OO)cc2)cc1. The summed E-state index contributed by atoms with van der Waals surface area (Å²) in [4.78, 5) is 4.10. The lowest BCUT2D eigenvalue weighted by atomic mass is 10.0. The molecule has 78 valence electrons. The van der Waals surface area contributed by atoms with Crippen molar-refractivity contribution in [3.8, 4) is 22.9 Å². The van der Waals surface area contributed by atoms with Gasteiger partial charge in [0, 0.05) is 0 Å². The molecule has 0 unspecified atom stereocenters. The van der Waals surface area contributed by atoms with Gasteiger partial charge in [0.1, 0.15) is 0 Å². The highest BCUT2D eigenvalue weighted by Crippen LogP contribution is 2.22. The van der Waals surface area contributed by atoms with Gasteiger partial charge in [-0.25, -0.2) is 5.26 Å².